The Bertz CT molecular complexity index is 1130. The van der Waals surface area contributed by atoms with Gasteiger partial charge < -0.3 is 19.5 Å². The Kier molecular flexibility index (Phi) is 10.9. The second kappa shape index (κ2) is 15.3. The molecule has 0 radical (unpaired) electrons. The monoisotopic (exact) mass is 541 g/mol. The summed E-state index contributed by atoms with van der Waals surface area (Å²) in [6.45, 7) is 4.76. The number of nitrogens with zero attached hydrogens (tertiary/aromatic N) is 1. The number of aliphatic hydroxyl groups is 1. The van der Waals surface area contributed by atoms with E-state index in [4.69, 9.17) is 9.47 Å². The summed E-state index contributed by atoms with van der Waals surface area (Å²) in [5, 5.41) is 11.0. The molecular formula is C36H47NO3. The van der Waals surface area contributed by atoms with Crippen molar-refractivity contribution in [1.29, 1.82) is 0 Å². The molecule has 40 heavy (non-hydrogen) atoms. The molecule has 0 spiro atoms. The predicted octanol–water partition coefficient (Wildman–Crippen LogP) is 8.30. The lowest BCUT2D eigenvalue weighted by Crippen LogP contribution is -2.34. The zero-order chi connectivity index (χ0) is 27.4. The minimum absolute atomic E-state index is 0.00137. The maximum atomic E-state index is 11.0. The standard InChI is InChI=1S/C36H47NO3/c38-36-35(29-17-9-8-10-18-29)34(32-19-11-12-20-33(32)40-36)30-21-23-31(24-22-30)39-28-16-7-5-3-1-2-4-6-13-25-37-26-14-15-27-37/h8-12,17-24,34-36,38H,1-7,13-16,25-28H2. The molecule has 0 aliphatic carbocycles. The highest BCUT2D eigenvalue weighted by Crippen LogP contribution is 2.48. The summed E-state index contributed by atoms with van der Waals surface area (Å²) in [5.74, 6) is 1.49. The molecule has 2 heterocycles. The van der Waals surface area contributed by atoms with Gasteiger partial charge in [0.15, 0.2) is 0 Å². The molecular weight excluding hydrogens is 494 g/mol. The van der Waals surface area contributed by atoms with Crippen molar-refractivity contribution in [3.63, 3.8) is 0 Å². The van der Waals surface area contributed by atoms with E-state index in [9.17, 15) is 5.11 Å². The Labute approximate surface area is 241 Å². The quantitative estimate of drug-likeness (QED) is 0.197. The lowest BCUT2D eigenvalue weighted by molar-refractivity contribution is -0.0530. The van der Waals surface area contributed by atoms with Gasteiger partial charge in [-0.2, -0.15) is 0 Å². The number of ether oxygens (including phenoxy) is 2. The topological polar surface area (TPSA) is 41.9 Å². The van der Waals surface area contributed by atoms with Gasteiger partial charge in [-0.05, 0) is 74.6 Å². The molecule has 0 aromatic heterocycles. The molecule has 5 rings (SSSR count). The summed E-state index contributed by atoms with van der Waals surface area (Å²) < 4.78 is 12.0. The van der Waals surface area contributed by atoms with Crippen LogP contribution in [0.25, 0.3) is 0 Å². The maximum Gasteiger partial charge on any atom is 0.205 e. The van der Waals surface area contributed by atoms with Crippen LogP contribution >= 0.6 is 0 Å². The Morgan fingerprint density at radius 3 is 2.02 bits per heavy atom. The fourth-order valence-corrected chi connectivity index (χ4v) is 6.47. The van der Waals surface area contributed by atoms with Gasteiger partial charge in [-0.15, -0.1) is 0 Å². The van der Waals surface area contributed by atoms with Crippen LogP contribution in [-0.4, -0.2) is 42.5 Å². The third-order valence-electron chi connectivity index (χ3n) is 8.68. The molecule has 1 fully saturated rings. The van der Waals surface area contributed by atoms with Crippen molar-refractivity contribution in [2.24, 2.45) is 0 Å². The van der Waals surface area contributed by atoms with E-state index in [0.717, 1.165) is 41.2 Å². The molecule has 0 amide bonds. The largest absolute Gasteiger partial charge is 0.494 e. The number of rotatable bonds is 15. The highest BCUT2D eigenvalue weighted by atomic mass is 16.6. The average molecular weight is 542 g/mol. The smallest absolute Gasteiger partial charge is 0.205 e. The van der Waals surface area contributed by atoms with E-state index in [1.807, 2.05) is 36.4 Å². The highest BCUT2D eigenvalue weighted by Gasteiger charge is 2.39. The molecule has 3 atom stereocenters. The van der Waals surface area contributed by atoms with Gasteiger partial charge in [0.25, 0.3) is 0 Å². The predicted molar refractivity (Wildman–Crippen MR) is 163 cm³/mol. The molecule has 0 bridgehead atoms. The summed E-state index contributed by atoms with van der Waals surface area (Å²) in [5.41, 5.74) is 3.34. The van der Waals surface area contributed by atoms with Gasteiger partial charge in [-0.3, -0.25) is 0 Å². The van der Waals surface area contributed by atoms with Crippen LogP contribution in [-0.2, 0) is 0 Å². The van der Waals surface area contributed by atoms with Crippen molar-refractivity contribution in [2.45, 2.75) is 88.8 Å². The van der Waals surface area contributed by atoms with Gasteiger partial charge in [0.1, 0.15) is 11.5 Å². The van der Waals surface area contributed by atoms with Gasteiger partial charge in [0, 0.05) is 11.5 Å². The molecule has 3 unspecified atom stereocenters. The molecule has 4 heteroatoms. The second-order valence-corrected chi connectivity index (χ2v) is 11.6. The van der Waals surface area contributed by atoms with Gasteiger partial charge in [0.05, 0.1) is 12.5 Å². The van der Waals surface area contributed by atoms with E-state index >= 15 is 0 Å². The van der Waals surface area contributed by atoms with E-state index < -0.39 is 6.29 Å². The maximum absolute atomic E-state index is 11.0. The Morgan fingerprint density at radius 2 is 1.30 bits per heavy atom. The first-order valence-electron chi connectivity index (χ1n) is 15.7. The summed E-state index contributed by atoms with van der Waals surface area (Å²) >= 11 is 0. The third kappa shape index (κ3) is 7.89. The van der Waals surface area contributed by atoms with Crippen LogP contribution in [0, 0.1) is 0 Å². The Balaban J connectivity index is 1.03. The van der Waals surface area contributed by atoms with Crippen LogP contribution in [0.5, 0.6) is 11.5 Å². The zero-order valence-electron chi connectivity index (χ0n) is 24.1. The number of unbranched alkanes of at least 4 members (excludes halogenated alkanes) is 8. The first-order chi connectivity index (χ1) is 19.8. The van der Waals surface area contributed by atoms with Crippen LogP contribution in [0.4, 0.5) is 0 Å². The second-order valence-electron chi connectivity index (χ2n) is 11.6. The third-order valence-corrected chi connectivity index (χ3v) is 8.68. The molecule has 3 aromatic carbocycles. The van der Waals surface area contributed by atoms with Crippen molar-refractivity contribution in [1.82, 2.24) is 4.90 Å². The molecule has 4 nitrogen and oxygen atoms in total. The SMILES string of the molecule is OC1Oc2ccccc2C(c2ccc(OCCCCCCCCCCCN3CCCC3)cc2)C1c1ccccc1. The first-order valence-corrected chi connectivity index (χ1v) is 15.7. The molecule has 1 saturated heterocycles. The minimum Gasteiger partial charge on any atom is -0.494 e. The Hall–Kier alpha value is -2.82. The summed E-state index contributed by atoms with van der Waals surface area (Å²) in [6.07, 6.45) is 13.9. The van der Waals surface area contributed by atoms with Crippen molar-refractivity contribution >= 4 is 0 Å². The van der Waals surface area contributed by atoms with E-state index in [0.29, 0.717) is 0 Å². The van der Waals surface area contributed by atoms with E-state index in [2.05, 4.69) is 47.4 Å². The van der Waals surface area contributed by atoms with Crippen LogP contribution in [0.3, 0.4) is 0 Å². The summed E-state index contributed by atoms with van der Waals surface area (Å²) in [7, 11) is 0. The average Bonchev–Trinajstić information content (AvgIpc) is 3.51. The van der Waals surface area contributed by atoms with Crippen LogP contribution in [0.1, 0.15) is 99.2 Å². The number of fused-ring (bicyclic) bond motifs is 1. The van der Waals surface area contributed by atoms with E-state index in [1.165, 1.54) is 83.8 Å². The summed E-state index contributed by atoms with van der Waals surface area (Å²) in [6, 6.07) is 26.7. The summed E-state index contributed by atoms with van der Waals surface area (Å²) in [4.78, 5) is 2.63. The van der Waals surface area contributed by atoms with Crippen molar-refractivity contribution < 1.29 is 14.6 Å². The molecule has 214 valence electrons. The fourth-order valence-electron chi connectivity index (χ4n) is 6.47. The molecule has 0 saturated carbocycles. The van der Waals surface area contributed by atoms with Crippen LogP contribution in [0.2, 0.25) is 0 Å². The van der Waals surface area contributed by atoms with Crippen LogP contribution in [0.15, 0.2) is 78.9 Å². The van der Waals surface area contributed by atoms with Crippen molar-refractivity contribution in [2.75, 3.05) is 26.2 Å². The number of benzene rings is 3. The fraction of sp³-hybridized carbons (Fsp3) is 0.500. The van der Waals surface area contributed by atoms with E-state index in [-0.39, 0.29) is 11.8 Å². The molecule has 2 aliphatic heterocycles. The number of hydrogen-bond donors (Lipinski definition) is 1. The van der Waals surface area contributed by atoms with Crippen LogP contribution < -0.4 is 9.47 Å². The molecule has 3 aromatic rings. The van der Waals surface area contributed by atoms with Gasteiger partial charge >= 0.3 is 0 Å². The van der Waals surface area contributed by atoms with Gasteiger partial charge in [0.2, 0.25) is 6.29 Å². The van der Waals surface area contributed by atoms with Gasteiger partial charge in [-0.25, -0.2) is 0 Å². The lowest BCUT2D eigenvalue weighted by atomic mass is 9.75. The van der Waals surface area contributed by atoms with E-state index in [1.54, 1.807) is 0 Å². The first kappa shape index (κ1) is 28.7. The number of para-hydroxylation sites is 1. The molecule has 1 N–H and O–H groups in total. The van der Waals surface area contributed by atoms with Crippen molar-refractivity contribution in [3.8, 4) is 11.5 Å². The molecule has 2 aliphatic rings. The number of hydrogen-bond acceptors (Lipinski definition) is 4. The normalized spacial score (nSPS) is 20.7. The van der Waals surface area contributed by atoms with Gasteiger partial charge in [-0.1, -0.05) is 106 Å². The lowest BCUT2D eigenvalue weighted by Gasteiger charge is -2.37. The zero-order valence-corrected chi connectivity index (χ0v) is 24.1. The Morgan fingerprint density at radius 1 is 0.675 bits per heavy atom. The highest BCUT2D eigenvalue weighted by molar-refractivity contribution is 5.48. The van der Waals surface area contributed by atoms with Crippen molar-refractivity contribution in [3.05, 3.63) is 95.6 Å². The minimum atomic E-state index is -0.905. The number of likely N-dealkylation sites (tertiary alicyclic amines) is 1. The number of aliphatic hydroxyl groups excluding tert-OH is 1.